The first-order valence-corrected chi connectivity index (χ1v) is 9.02. The van der Waals surface area contributed by atoms with Gasteiger partial charge in [-0.2, -0.15) is 4.98 Å². The summed E-state index contributed by atoms with van der Waals surface area (Å²) < 4.78 is 11.0. The van der Waals surface area contributed by atoms with Crippen molar-refractivity contribution in [3.8, 4) is 0 Å². The van der Waals surface area contributed by atoms with Crippen molar-refractivity contribution in [1.82, 2.24) is 15.2 Å². The Balaban J connectivity index is 1.68. The molecular weight excluding hydrogens is 332 g/mol. The highest BCUT2D eigenvalue weighted by atomic mass is 16.5. The molecule has 2 fully saturated rings. The average Bonchev–Trinajstić information content (AvgIpc) is 2.75. The van der Waals surface area contributed by atoms with Crippen LogP contribution in [0.2, 0.25) is 0 Å². The van der Waals surface area contributed by atoms with Crippen LogP contribution in [-0.2, 0) is 9.47 Å². The molecule has 2 aromatic rings. The molecule has 2 aliphatic rings. The number of rotatable bonds is 4. The van der Waals surface area contributed by atoms with Crippen molar-refractivity contribution in [2.45, 2.75) is 0 Å². The van der Waals surface area contributed by atoms with Crippen LogP contribution in [0.4, 0.5) is 23.3 Å². The maximum Gasteiger partial charge on any atom is 0.251 e. The van der Waals surface area contributed by atoms with Gasteiger partial charge in [-0.1, -0.05) is 18.2 Å². The number of anilines is 4. The van der Waals surface area contributed by atoms with E-state index in [-0.39, 0.29) is 0 Å². The Morgan fingerprint density at radius 3 is 2.00 bits per heavy atom. The maximum atomic E-state index is 5.50. The van der Waals surface area contributed by atoms with E-state index in [4.69, 9.17) is 14.5 Å². The molecule has 0 radical (unpaired) electrons. The number of benzene rings is 1. The third kappa shape index (κ3) is 3.56. The third-order valence-electron chi connectivity index (χ3n) is 4.70. The second kappa shape index (κ2) is 7.84. The molecule has 1 aromatic heterocycles. The second-order valence-corrected chi connectivity index (χ2v) is 6.35. The average molecular weight is 356 g/mol. The van der Waals surface area contributed by atoms with Crippen LogP contribution in [0, 0.1) is 0 Å². The van der Waals surface area contributed by atoms with Crippen molar-refractivity contribution in [3.63, 3.8) is 0 Å². The van der Waals surface area contributed by atoms with Gasteiger partial charge >= 0.3 is 0 Å². The van der Waals surface area contributed by atoms with E-state index >= 15 is 0 Å². The maximum absolute atomic E-state index is 5.50. The van der Waals surface area contributed by atoms with E-state index in [1.807, 2.05) is 42.3 Å². The van der Waals surface area contributed by atoms with Crippen LogP contribution in [0.25, 0.3) is 0 Å². The molecule has 2 aliphatic heterocycles. The zero-order chi connectivity index (χ0) is 17.8. The number of ether oxygens (including phenoxy) is 2. The monoisotopic (exact) mass is 356 g/mol. The fourth-order valence-corrected chi connectivity index (χ4v) is 3.18. The van der Waals surface area contributed by atoms with Crippen LogP contribution in [0.5, 0.6) is 0 Å². The summed E-state index contributed by atoms with van der Waals surface area (Å²) in [5.41, 5.74) is 1.03. The lowest BCUT2D eigenvalue weighted by atomic mass is 10.3. The van der Waals surface area contributed by atoms with Gasteiger partial charge in [0.25, 0.3) is 5.95 Å². The lowest BCUT2D eigenvalue weighted by Gasteiger charge is -2.34. The lowest BCUT2D eigenvalue weighted by molar-refractivity contribution is 0.120. The minimum Gasteiger partial charge on any atom is -0.378 e. The normalized spacial score (nSPS) is 18.0. The van der Waals surface area contributed by atoms with E-state index in [0.29, 0.717) is 32.4 Å². The molecule has 8 heteroatoms. The van der Waals surface area contributed by atoms with Crippen molar-refractivity contribution >= 4 is 23.3 Å². The first-order valence-electron chi connectivity index (χ1n) is 9.02. The van der Waals surface area contributed by atoms with Crippen LogP contribution < -0.4 is 14.7 Å². The third-order valence-corrected chi connectivity index (χ3v) is 4.70. The van der Waals surface area contributed by atoms with E-state index in [1.54, 1.807) is 0 Å². The highest BCUT2D eigenvalue weighted by Gasteiger charge is 2.25. The summed E-state index contributed by atoms with van der Waals surface area (Å²) in [5, 5.41) is 8.97. The van der Waals surface area contributed by atoms with Crippen molar-refractivity contribution in [2.75, 3.05) is 74.4 Å². The van der Waals surface area contributed by atoms with E-state index < -0.39 is 0 Å². The quantitative estimate of drug-likeness (QED) is 0.812. The van der Waals surface area contributed by atoms with Crippen LogP contribution in [0.3, 0.4) is 0 Å². The lowest BCUT2D eigenvalue weighted by Crippen LogP contribution is -2.41. The van der Waals surface area contributed by atoms with Crippen molar-refractivity contribution in [2.24, 2.45) is 0 Å². The molecule has 0 atom stereocenters. The first-order chi connectivity index (χ1) is 12.8. The summed E-state index contributed by atoms with van der Waals surface area (Å²) in [6.45, 7) is 6.05. The number of hydrogen-bond donors (Lipinski definition) is 0. The SMILES string of the molecule is CN(c1ccccc1)c1nnc(N2CCOCC2)c(N2CCOCC2)n1. The summed E-state index contributed by atoms with van der Waals surface area (Å²) in [7, 11) is 1.96. The highest BCUT2D eigenvalue weighted by Crippen LogP contribution is 2.29. The van der Waals surface area contributed by atoms with Gasteiger partial charge in [-0.05, 0) is 12.1 Å². The molecule has 1 aromatic carbocycles. The Morgan fingerprint density at radius 2 is 1.38 bits per heavy atom. The van der Waals surface area contributed by atoms with Gasteiger partial charge in [-0.25, -0.2) is 0 Å². The van der Waals surface area contributed by atoms with Crippen molar-refractivity contribution in [1.29, 1.82) is 0 Å². The van der Waals surface area contributed by atoms with Crippen molar-refractivity contribution in [3.05, 3.63) is 30.3 Å². The largest absolute Gasteiger partial charge is 0.378 e. The van der Waals surface area contributed by atoms with Crippen molar-refractivity contribution < 1.29 is 9.47 Å². The number of morpholine rings is 2. The topological polar surface area (TPSA) is 66.9 Å². The summed E-state index contributed by atoms with van der Waals surface area (Å²) in [6, 6.07) is 10.1. The Morgan fingerprint density at radius 1 is 0.808 bits per heavy atom. The predicted octanol–water partition coefficient (Wildman–Crippen LogP) is 1.31. The van der Waals surface area contributed by atoms with Gasteiger partial charge in [0.05, 0.1) is 26.4 Å². The molecule has 4 rings (SSSR count). The van der Waals surface area contributed by atoms with Crippen LogP contribution in [0.1, 0.15) is 0 Å². The fourth-order valence-electron chi connectivity index (χ4n) is 3.18. The van der Waals surface area contributed by atoms with E-state index in [2.05, 4.69) is 20.0 Å². The van der Waals surface area contributed by atoms with Gasteiger partial charge in [0.2, 0.25) is 0 Å². The Hall–Kier alpha value is -2.45. The Labute approximate surface area is 153 Å². The molecule has 0 aliphatic carbocycles. The van der Waals surface area contributed by atoms with Gasteiger partial charge in [-0.3, -0.25) is 0 Å². The second-order valence-electron chi connectivity index (χ2n) is 6.35. The number of para-hydroxylation sites is 1. The van der Waals surface area contributed by atoms with Crippen LogP contribution in [-0.4, -0.2) is 74.8 Å². The minimum atomic E-state index is 0.592. The van der Waals surface area contributed by atoms with Gasteiger partial charge in [0, 0.05) is 38.9 Å². The zero-order valence-corrected chi connectivity index (χ0v) is 15.0. The molecule has 138 valence electrons. The summed E-state index contributed by atoms with van der Waals surface area (Å²) >= 11 is 0. The molecule has 8 nitrogen and oxygen atoms in total. The molecule has 0 bridgehead atoms. The fraction of sp³-hybridized carbons (Fsp3) is 0.500. The summed E-state index contributed by atoms with van der Waals surface area (Å²) in [6.07, 6.45) is 0. The van der Waals surface area contributed by atoms with Gasteiger partial charge < -0.3 is 24.2 Å². The predicted molar refractivity (Wildman–Crippen MR) is 100 cm³/mol. The van der Waals surface area contributed by atoms with E-state index in [1.165, 1.54) is 0 Å². The molecular formula is C18H24N6O2. The minimum absolute atomic E-state index is 0.592. The van der Waals surface area contributed by atoms with E-state index in [0.717, 1.165) is 43.5 Å². The van der Waals surface area contributed by atoms with E-state index in [9.17, 15) is 0 Å². The summed E-state index contributed by atoms with van der Waals surface area (Å²) in [4.78, 5) is 11.3. The number of aromatic nitrogens is 3. The van der Waals surface area contributed by atoms with Gasteiger partial charge in [0.15, 0.2) is 11.6 Å². The first kappa shape index (κ1) is 17.0. The molecule has 3 heterocycles. The van der Waals surface area contributed by atoms with Gasteiger partial charge in [0.1, 0.15) is 0 Å². The zero-order valence-electron chi connectivity index (χ0n) is 15.0. The number of hydrogen-bond acceptors (Lipinski definition) is 8. The Kier molecular flexibility index (Phi) is 5.12. The molecule has 0 saturated carbocycles. The summed E-state index contributed by atoms with van der Waals surface area (Å²) in [5.74, 6) is 2.30. The molecule has 0 unspecified atom stereocenters. The molecule has 2 saturated heterocycles. The Bertz CT molecular complexity index is 717. The smallest absolute Gasteiger partial charge is 0.251 e. The van der Waals surface area contributed by atoms with Crippen LogP contribution in [0.15, 0.2) is 30.3 Å². The standard InChI is InChI=1S/C18H24N6O2/c1-22(15-5-3-2-4-6-15)18-19-16(23-7-11-25-12-8-23)17(20-21-18)24-9-13-26-14-10-24/h2-6H,7-14H2,1H3. The molecule has 0 spiro atoms. The molecule has 0 N–H and O–H groups in total. The number of nitrogens with zero attached hydrogens (tertiary/aromatic N) is 6. The molecule has 0 amide bonds. The molecule has 26 heavy (non-hydrogen) atoms. The van der Waals surface area contributed by atoms with Gasteiger partial charge in [-0.15, -0.1) is 10.2 Å². The highest BCUT2D eigenvalue weighted by molar-refractivity contribution is 5.66. The van der Waals surface area contributed by atoms with Crippen LogP contribution >= 0.6 is 0 Å².